The summed E-state index contributed by atoms with van der Waals surface area (Å²) in [4.78, 5) is 16.1. The van der Waals surface area contributed by atoms with Crippen LogP contribution in [0.15, 0.2) is 54.9 Å². The number of aryl methyl sites for hydroxylation is 1. The maximum absolute atomic E-state index is 12.0. The highest BCUT2D eigenvalue weighted by Crippen LogP contribution is 2.15. The molecule has 0 aliphatic heterocycles. The summed E-state index contributed by atoms with van der Waals surface area (Å²) in [5.74, 6) is 0.596. The number of carbonyl (C=O) groups excluding carboxylic acids is 1. The molecule has 23 heavy (non-hydrogen) atoms. The van der Waals surface area contributed by atoms with Crippen molar-refractivity contribution < 1.29 is 9.53 Å². The van der Waals surface area contributed by atoms with E-state index in [0.29, 0.717) is 25.4 Å². The molecule has 3 aromatic rings. The van der Waals surface area contributed by atoms with E-state index in [9.17, 15) is 4.79 Å². The van der Waals surface area contributed by atoms with Crippen LogP contribution >= 0.6 is 0 Å². The lowest BCUT2D eigenvalue weighted by Crippen LogP contribution is -2.23. The fraction of sp³-hybridized carbons (Fsp3) is 0.222. The van der Waals surface area contributed by atoms with Crippen LogP contribution in [0.25, 0.3) is 10.9 Å². The summed E-state index contributed by atoms with van der Waals surface area (Å²) < 4.78 is 7.11. The summed E-state index contributed by atoms with van der Waals surface area (Å²) in [6.07, 6.45) is 4.17. The minimum atomic E-state index is 0.0265. The first-order chi connectivity index (χ1) is 11.3. The van der Waals surface area contributed by atoms with Crippen molar-refractivity contribution in [3.8, 4) is 5.88 Å². The molecule has 0 unspecified atom stereocenters. The Morgan fingerprint density at radius 1 is 1.22 bits per heavy atom. The van der Waals surface area contributed by atoms with Crippen molar-refractivity contribution >= 4 is 16.8 Å². The van der Waals surface area contributed by atoms with E-state index in [0.717, 1.165) is 11.1 Å². The van der Waals surface area contributed by atoms with Crippen LogP contribution in [0, 0.1) is 0 Å². The number of para-hydroxylation sites is 1. The van der Waals surface area contributed by atoms with Gasteiger partial charge in [-0.3, -0.25) is 4.79 Å². The van der Waals surface area contributed by atoms with Crippen LogP contribution in [0.2, 0.25) is 0 Å². The first-order valence-corrected chi connectivity index (χ1v) is 7.56. The van der Waals surface area contributed by atoms with Crippen molar-refractivity contribution in [2.24, 2.45) is 0 Å². The standard InChI is InChI=1S/C18H19N3O2/c1-23-18-7-6-14(13-20-18)12-19-17(22)9-11-21-10-8-15-4-2-3-5-16(15)21/h2-8,10,13H,9,11-12H2,1H3,(H,19,22). The molecule has 0 radical (unpaired) electrons. The topological polar surface area (TPSA) is 56.1 Å². The van der Waals surface area contributed by atoms with Crippen LogP contribution in [-0.2, 0) is 17.9 Å². The fourth-order valence-corrected chi connectivity index (χ4v) is 2.48. The number of fused-ring (bicyclic) bond motifs is 1. The molecule has 5 heteroatoms. The first kappa shape index (κ1) is 15.1. The molecular formula is C18H19N3O2. The number of rotatable bonds is 6. The van der Waals surface area contributed by atoms with E-state index in [1.165, 1.54) is 5.39 Å². The SMILES string of the molecule is COc1ccc(CNC(=O)CCn2ccc3ccccc32)cn1. The highest BCUT2D eigenvalue weighted by atomic mass is 16.5. The zero-order valence-electron chi connectivity index (χ0n) is 13.0. The van der Waals surface area contributed by atoms with Gasteiger partial charge in [-0.1, -0.05) is 24.3 Å². The Morgan fingerprint density at radius 3 is 2.87 bits per heavy atom. The molecule has 1 N–H and O–H groups in total. The maximum Gasteiger partial charge on any atom is 0.222 e. The summed E-state index contributed by atoms with van der Waals surface area (Å²) in [6, 6.07) is 13.9. The second-order valence-corrected chi connectivity index (χ2v) is 5.30. The Labute approximate surface area is 134 Å². The number of aromatic nitrogens is 2. The highest BCUT2D eigenvalue weighted by Gasteiger charge is 2.05. The zero-order valence-corrected chi connectivity index (χ0v) is 13.0. The molecule has 0 saturated carbocycles. The predicted octanol–water partition coefficient (Wildman–Crippen LogP) is 2.75. The number of hydrogen-bond acceptors (Lipinski definition) is 3. The van der Waals surface area contributed by atoms with Crippen LogP contribution in [0.4, 0.5) is 0 Å². The van der Waals surface area contributed by atoms with E-state index < -0.39 is 0 Å². The van der Waals surface area contributed by atoms with Crippen molar-refractivity contribution in [2.45, 2.75) is 19.5 Å². The Kier molecular flexibility index (Phi) is 4.57. The van der Waals surface area contributed by atoms with Crippen molar-refractivity contribution in [3.63, 3.8) is 0 Å². The van der Waals surface area contributed by atoms with E-state index in [4.69, 9.17) is 4.74 Å². The average molecular weight is 309 g/mol. The summed E-state index contributed by atoms with van der Waals surface area (Å²) in [6.45, 7) is 1.14. The third-order valence-corrected chi connectivity index (χ3v) is 3.76. The molecule has 0 spiro atoms. The van der Waals surface area contributed by atoms with Gasteiger partial charge in [-0.05, 0) is 23.1 Å². The summed E-state index contributed by atoms with van der Waals surface area (Å²) in [5, 5.41) is 4.11. The Morgan fingerprint density at radius 2 is 2.09 bits per heavy atom. The molecule has 0 aliphatic carbocycles. The molecule has 0 atom stereocenters. The highest BCUT2D eigenvalue weighted by molar-refractivity contribution is 5.80. The summed E-state index contributed by atoms with van der Waals surface area (Å²) in [7, 11) is 1.58. The predicted molar refractivity (Wildman–Crippen MR) is 89.2 cm³/mol. The van der Waals surface area contributed by atoms with Gasteiger partial charge in [-0.15, -0.1) is 0 Å². The van der Waals surface area contributed by atoms with Gasteiger partial charge in [0.15, 0.2) is 0 Å². The van der Waals surface area contributed by atoms with Crippen LogP contribution in [0.1, 0.15) is 12.0 Å². The molecule has 5 nitrogen and oxygen atoms in total. The minimum Gasteiger partial charge on any atom is -0.481 e. The Balaban J connectivity index is 1.51. The van der Waals surface area contributed by atoms with Crippen LogP contribution in [0.3, 0.4) is 0 Å². The largest absolute Gasteiger partial charge is 0.481 e. The van der Waals surface area contributed by atoms with Gasteiger partial charge in [-0.25, -0.2) is 4.98 Å². The van der Waals surface area contributed by atoms with Gasteiger partial charge >= 0.3 is 0 Å². The van der Waals surface area contributed by atoms with Crippen molar-refractivity contribution in [1.29, 1.82) is 0 Å². The molecule has 0 saturated heterocycles. The van der Waals surface area contributed by atoms with E-state index in [1.807, 2.05) is 24.4 Å². The van der Waals surface area contributed by atoms with E-state index in [-0.39, 0.29) is 5.91 Å². The Bertz CT molecular complexity index is 793. The molecule has 2 aromatic heterocycles. The number of methoxy groups -OCH3 is 1. The van der Waals surface area contributed by atoms with Gasteiger partial charge < -0.3 is 14.6 Å². The van der Waals surface area contributed by atoms with Gasteiger partial charge in [0.25, 0.3) is 0 Å². The minimum absolute atomic E-state index is 0.0265. The maximum atomic E-state index is 12.0. The lowest BCUT2D eigenvalue weighted by atomic mass is 10.2. The van der Waals surface area contributed by atoms with Gasteiger partial charge in [0.1, 0.15) is 0 Å². The van der Waals surface area contributed by atoms with Crippen LogP contribution in [0.5, 0.6) is 5.88 Å². The number of amides is 1. The van der Waals surface area contributed by atoms with E-state index >= 15 is 0 Å². The van der Waals surface area contributed by atoms with Crippen LogP contribution < -0.4 is 10.1 Å². The number of nitrogens with zero attached hydrogens (tertiary/aromatic N) is 2. The molecule has 2 heterocycles. The molecule has 118 valence electrons. The molecule has 3 rings (SSSR count). The second kappa shape index (κ2) is 6.96. The van der Waals surface area contributed by atoms with E-state index in [2.05, 4.69) is 33.1 Å². The van der Waals surface area contributed by atoms with Crippen molar-refractivity contribution in [2.75, 3.05) is 7.11 Å². The second-order valence-electron chi connectivity index (χ2n) is 5.30. The third-order valence-electron chi connectivity index (χ3n) is 3.76. The number of benzene rings is 1. The van der Waals surface area contributed by atoms with Crippen molar-refractivity contribution in [1.82, 2.24) is 14.9 Å². The number of ether oxygens (including phenoxy) is 1. The van der Waals surface area contributed by atoms with Crippen LogP contribution in [-0.4, -0.2) is 22.6 Å². The normalized spacial score (nSPS) is 10.7. The average Bonchev–Trinajstić information content (AvgIpc) is 3.02. The number of nitrogens with one attached hydrogen (secondary N) is 1. The molecule has 1 aromatic carbocycles. The van der Waals surface area contributed by atoms with Gasteiger partial charge in [-0.2, -0.15) is 0 Å². The molecule has 1 amide bonds. The third kappa shape index (κ3) is 3.69. The fourth-order valence-electron chi connectivity index (χ4n) is 2.48. The van der Waals surface area contributed by atoms with Gasteiger partial charge in [0.05, 0.1) is 7.11 Å². The monoisotopic (exact) mass is 309 g/mol. The van der Waals surface area contributed by atoms with Gasteiger partial charge in [0, 0.05) is 43.5 Å². The van der Waals surface area contributed by atoms with Crippen molar-refractivity contribution in [3.05, 3.63) is 60.4 Å². The first-order valence-electron chi connectivity index (χ1n) is 7.56. The van der Waals surface area contributed by atoms with E-state index in [1.54, 1.807) is 19.4 Å². The quantitative estimate of drug-likeness (QED) is 0.762. The Hall–Kier alpha value is -2.82. The molecular weight excluding hydrogens is 290 g/mol. The lowest BCUT2D eigenvalue weighted by Gasteiger charge is -2.07. The summed E-state index contributed by atoms with van der Waals surface area (Å²) in [5.41, 5.74) is 2.10. The summed E-state index contributed by atoms with van der Waals surface area (Å²) >= 11 is 0. The number of pyridine rings is 1. The molecule has 0 bridgehead atoms. The number of hydrogen-bond donors (Lipinski definition) is 1. The smallest absolute Gasteiger partial charge is 0.222 e. The molecule has 0 aliphatic rings. The zero-order chi connectivity index (χ0) is 16.1. The van der Waals surface area contributed by atoms with Gasteiger partial charge in [0.2, 0.25) is 11.8 Å². The molecule has 0 fully saturated rings. The number of carbonyl (C=O) groups is 1. The lowest BCUT2D eigenvalue weighted by molar-refractivity contribution is -0.121.